The van der Waals surface area contributed by atoms with Crippen LogP contribution in [-0.4, -0.2) is 24.0 Å². The van der Waals surface area contributed by atoms with Gasteiger partial charge in [-0.25, -0.2) is 0 Å². The van der Waals surface area contributed by atoms with Crippen molar-refractivity contribution >= 4 is 39.1 Å². The molecule has 1 amide bonds. The maximum absolute atomic E-state index is 12.0. The van der Waals surface area contributed by atoms with Gasteiger partial charge in [0.05, 0.1) is 17.8 Å². The normalized spacial score (nSPS) is 13.9. The molecule has 4 nitrogen and oxygen atoms in total. The molecule has 0 spiro atoms. The maximum atomic E-state index is 12.0. The second kappa shape index (κ2) is 5.25. The lowest BCUT2D eigenvalue weighted by molar-refractivity contribution is -0.120. The Labute approximate surface area is 119 Å². The molecule has 0 aromatic heterocycles. The van der Waals surface area contributed by atoms with E-state index in [4.69, 9.17) is 0 Å². The predicted molar refractivity (Wildman–Crippen MR) is 75.5 cm³/mol. The van der Waals surface area contributed by atoms with Gasteiger partial charge in [0.2, 0.25) is 0 Å². The van der Waals surface area contributed by atoms with Crippen molar-refractivity contribution in [2.75, 3.05) is 11.4 Å². The highest BCUT2D eigenvalue weighted by Gasteiger charge is 2.37. The predicted octanol–water partition coefficient (Wildman–Crippen LogP) is 2.66. The number of anilines is 1. The van der Waals surface area contributed by atoms with Gasteiger partial charge in [0.15, 0.2) is 5.78 Å². The number of Topliss-reactive ketones (excluding diaryl/α,β-unsaturated/α-hetero) is 2. The summed E-state index contributed by atoms with van der Waals surface area (Å²) < 4.78 is 0.756. The van der Waals surface area contributed by atoms with E-state index in [-0.39, 0.29) is 12.3 Å². The number of hydrogen-bond acceptors (Lipinski definition) is 3. The van der Waals surface area contributed by atoms with Crippen LogP contribution in [0.4, 0.5) is 5.69 Å². The molecule has 0 N–H and O–H groups in total. The number of rotatable bonds is 4. The number of hydrogen-bond donors (Lipinski definition) is 0. The summed E-state index contributed by atoms with van der Waals surface area (Å²) in [7, 11) is 0. The summed E-state index contributed by atoms with van der Waals surface area (Å²) in [5.74, 6) is -1.18. The monoisotopic (exact) mass is 323 g/mol. The van der Waals surface area contributed by atoms with Crippen LogP contribution < -0.4 is 4.90 Å². The van der Waals surface area contributed by atoms with E-state index in [9.17, 15) is 14.4 Å². The highest BCUT2D eigenvalue weighted by Crippen LogP contribution is 2.34. The second-order valence-corrected chi connectivity index (χ2v) is 5.54. The molecule has 19 heavy (non-hydrogen) atoms. The first-order chi connectivity index (χ1) is 8.95. The molecule has 1 aliphatic rings. The molecule has 0 radical (unpaired) electrons. The van der Waals surface area contributed by atoms with Gasteiger partial charge in [-0.3, -0.25) is 19.3 Å². The Morgan fingerprint density at radius 2 is 2.00 bits per heavy atom. The number of benzene rings is 1. The van der Waals surface area contributed by atoms with Crippen molar-refractivity contribution in [2.45, 2.75) is 26.7 Å². The van der Waals surface area contributed by atoms with Crippen LogP contribution >= 0.6 is 15.9 Å². The second-order valence-electron chi connectivity index (χ2n) is 4.63. The third-order valence-electron chi connectivity index (χ3n) is 3.08. The van der Waals surface area contributed by atoms with E-state index in [1.807, 2.05) is 19.9 Å². The molecule has 0 fully saturated rings. The topological polar surface area (TPSA) is 54.5 Å². The standard InChI is InChI=1S/C14H14BrNO3/c1-3-4-10(17)7-16-12-8(2)5-9(15)6-11(12)13(18)14(16)19/h5-6H,3-4,7H2,1-2H3. The van der Waals surface area contributed by atoms with Crippen molar-refractivity contribution in [1.82, 2.24) is 0 Å². The third kappa shape index (κ3) is 2.47. The molecule has 0 aliphatic carbocycles. The molecule has 1 aliphatic heterocycles. The lowest BCUT2D eigenvalue weighted by atomic mass is 10.1. The molecule has 0 unspecified atom stereocenters. The van der Waals surface area contributed by atoms with Crippen LogP contribution in [0, 0.1) is 6.92 Å². The number of aryl methyl sites for hydroxylation is 1. The smallest absolute Gasteiger partial charge is 0.298 e. The molecule has 100 valence electrons. The van der Waals surface area contributed by atoms with Gasteiger partial charge in [0.1, 0.15) is 0 Å². The zero-order chi connectivity index (χ0) is 14.2. The molecule has 0 saturated carbocycles. The van der Waals surface area contributed by atoms with Crippen LogP contribution in [0.2, 0.25) is 0 Å². The maximum Gasteiger partial charge on any atom is 0.299 e. The zero-order valence-electron chi connectivity index (χ0n) is 10.8. The Balaban J connectivity index is 2.41. The number of amides is 1. The van der Waals surface area contributed by atoms with Crippen molar-refractivity contribution in [2.24, 2.45) is 0 Å². The fraction of sp³-hybridized carbons (Fsp3) is 0.357. The Morgan fingerprint density at radius 3 is 2.63 bits per heavy atom. The Kier molecular flexibility index (Phi) is 3.85. The summed E-state index contributed by atoms with van der Waals surface area (Å²) in [4.78, 5) is 36.9. The average Bonchev–Trinajstić information content (AvgIpc) is 2.55. The van der Waals surface area contributed by atoms with Gasteiger partial charge in [-0.15, -0.1) is 0 Å². The van der Waals surface area contributed by atoms with Gasteiger partial charge in [0, 0.05) is 10.9 Å². The highest BCUT2D eigenvalue weighted by atomic mass is 79.9. The lowest BCUT2D eigenvalue weighted by Crippen LogP contribution is -2.34. The van der Waals surface area contributed by atoms with Crippen molar-refractivity contribution in [1.29, 1.82) is 0 Å². The minimum Gasteiger partial charge on any atom is -0.298 e. The summed E-state index contributed by atoms with van der Waals surface area (Å²) >= 11 is 3.31. The zero-order valence-corrected chi connectivity index (χ0v) is 12.4. The molecule has 0 saturated heterocycles. The van der Waals surface area contributed by atoms with Gasteiger partial charge in [-0.1, -0.05) is 22.9 Å². The van der Waals surface area contributed by atoms with Crippen molar-refractivity contribution in [3.8, 4) is 0 Å². The van der Waals surface area contributed by atoms with Crippen LogP contribution in [-0.2, 0) is 9.59 Å². The van der Waals surface area contributed by atoms with Gasteiger partial charge < -0.3 is 0 Å². The van der Waals surface area contributed by atoms with Crippen LogP contribution in [0.15, 0.2) is 16.6 Å². The molecule has 2 rings (SSSR count). The summed E-state index contributed by atoms with van der Waals surface area (Å²) in [5, 5.41) is 0. The van der Waals surface area contributed by atoms with Crippen LogP contribution in [0.5, 0.6) is 0 Å². The Bertz CT molecular complexity index is 580. The van der Waals surface area contributed by atoms with E-state index >= 15 is 0 Å². The summed E-state index contributed by atoms with van der Waals surface area (Å²) in [5.41, 5.74) is 1.76. The minimum absolute atomic E-state index is 0.0200. The first kappa shape index (κ1) is 13.9. The largest absolute Gasteiger partial charge is 0.299 e. The molecule has 1 aromatic carbocycles. The molecular weight excluding hydrogens is 310 g/mol. The van der Waals surface area contributed by atoms with E-state index in [2.05, 4.69) is 15.9 Å². The number of carbonyl (C=O) groups is 3. The van der Waals surface area contributed by atoms with Crippen molar-refractivity contribution in [3.05, 3.63) is 27.7 Å². The molecule has 0 bridgehead atoms. The number of nitrogens with zero attached hydrogens (tertiary/aromatic N) is 1. The van der Waals surface area contributed by atoms with E-state index in [1.54, 1.807) is 6.07 Å². The minimum atomic E-state index is -0.611. The Hall–Kier alpha value is -1.49. The molecule has 0 atom stereocenters. The molecule has 1 aromatic rings. The first-order valence-electron chi connectivity index (χ1n) is 6.13. The fourth-order valence-corrected chi connectivity index (χ4v) is 2.86. The van der Waals surface area contributed by atoms with E-state index in [0.29, 0.717) is 17.7 Å². The first-order valence-corrected chi connectivity index (χ1v) is 6.93. The van der Waals surface area contributed by atoms with Gasteiger partial charge in [-0.05, 0) is 31.0 Å². The van der Waals surface area contributed by atoms with Gasteiger partial charge >= 0.3 is 0 Å². The van der Waals surface area contributed by atoms with Crippen LogP contribution in [0.25, 0.3) is 0 Å². The highest BCUT2D eigenvalue weighted by molar-refractivity contribution is 9.10. The van der Waals surface area contributed by atoms with Gasteiger partial charge in [-0.2, -0.15) is 0 Å². The number of ketones is 2. The van der Waals surface area contributed by atoms with Crippen LogP contribution in [0.3, 0.4) is 0 Å². The Morgan fingerprint density at radius 1 is 1.32 bits per heavy atom. The summed E-state index contributed by atoms with van der Waals surface area (Å²) in [6.45, 7) is 3.71. The summed E-state index contributed by atoms with van der Waals surface area (Å²) in [6.07, 6.45) is 1.16. The SMILES string of the molecule is CCCC(=O)CN1C(=O)C(=O)c2cc(Br)cc(C)c21. The van der Waals surface area contributed by atoms with E-state index in [1.165, 1.54) is 4.90 Å². The molecule has 5 heteroatoms. The summed E-state index contributed by atoms with van der Waals surface area (Å²) in [6, 6.07) is 3.47. The lowest BCUT2D eigenvalue weighted by Gasteiger charge is -2.17. The van der Waals surface area contributed by atoms with E-state index in [0.717, 1.165) is 16.5 Å². The van der Waals surface area contributed by atoms with Gasteiger partial charge in [0.25, 0.3) is 11.7 Å². The third-order valence-corrected chi connectivity index (χ3v) is 3.54. The quantitative estimate of drug-likeness (QED) is 0.800. The van der Waals surface area contributed by atoms with E-state index < -0.39 is 11.7 Å². The van der Waals surface area contributed by atoms with Crippen molar-refractivity contribution in [3.63, 3.8) is 0 Å². The average molecular weight is 324 g/mol. The van der Waals surface area contributed by atoms with Crippen LogP contribution in [0.1, 0.15) is 35.7 Å². The van der Waals surface area contributed by atoms with Crippen molar-refractivity contribution < 1.29 is 14.4 Å². The number of halogens is 1. The number of fused-ring (bicyclic) bond motifs is 1. The molecular formula is C14H14BrNO3. The molecule has 1 heterocycles. The number of carbonyl (C=O) groups excluding carboxylic acids is 3. The fourth-order valence-electron chi connectivity index (χ4n) is 2.29.